The normalized spacial score (nSPS) is 21.5. The summed E-state index contributed by atoms with van der Waals surface area (Å²) in [6, 6.07) is 0. The van der Waals surface area contributed by atoms with E-state index in [0.29, 0.717) is 41.7 Å². The summed E-state index contributed by atoms with van der Waals surface area (Å²) < 4.78 is 5.64. The molecule has 2 heterocycles. The molecule has 0 bridgehead atoms. The molecule has 2 aromatic rings. The highest BCUT2D eigenvalue weighted by Crippen LogP contribution is 2.44. The first-order valence-electron chi connectivity index (χ1n) is 10.5. The summed E-state index contributed by atoms with van der Waals surface area (Å²) in [6.07, 6.45) is 7.29. The van der Waals surface area contributed by atoms with Crippen molar-refractivity contribution in [2.75, 3.05) is 0 Å². The lowest BCUT2D eigenvalue weighted by Crippen LogP contribution is -2.10. The Hall–Kier alpha value is -2.28. The average Bonchev–Trinajstić information content (AvgIpc) is 3.10. The van der Waals surface area contributed by atoms with Gasteiger partial charge in [0.15, 0.2) is 11.6 Å². The molecule has 7 heteroatoms. The molecule has 1 fully saturated rings. The number of allylic oxidation sites excluding steroid dienone is 1. The van der Waals surface area contributed by atoms with Crippen LogP contribution in [0.5, 0.6) is 0 Å². The fraction of sp³-hybridized carbons (Fsp3) is 0.545. The van der Waals surface area contributed by atoms with E-state index in [4.69, 9.17) is 4.52 Å². The summed E-state index contributed by atoms with van der Waals surface area (Å²) in [4.78, 5) is 31.4. The lowest BCUT2D eigenvalue weighted by molar-refractivity contribution is -0.133. The van der Waals surface area contributed by atoms with Gasteiger partial charge in [-0.05, 0) is 62.8 Å². The average molecular weight is 413 g/mol. The second kappa shape index (κ2) is 7.20. The second-order valence-corrected chi connectivity index (χ2v) is 9.79. The lowest BCUT2D eigenvalue weighted by Gasteiger charge is -2.18. The van der Waals surface area contributed by atoms with Crippen molar-refractivity contribution in [3.05, 3.63) is 32.3 Å². The Morgan fingerprint density at radius 3 is 2.72 bits per heavy atom. The van der Waals surface area contributed by atoms with Crippen molar-refractivity contribution in [2.24, 2.45) is 5.92 Å². The standard InChI is InChI=1S/C22H24N2O4S/c1-11-5-8-15-17(9-11)29-18(10-16(25)13-3-2-4-14(13)22(26)27)19(15)21-23-20(24-28-21)12-6-7-12/h11-12H,2-10H2,1H3,(H,26,27). The summed E-state index contributed by atoms with van der Waals surface area (Å²) in [5.41, 5.74) is 2.98. The number of rotatable bonds is 6. The van der Waals surface area contributed by atoms with Gasteiger partial charge in [-0.15, -0.1) is 11.3 Å². The molecule has 0 radical (unpaired) electrons. The third-order valence-electron chi connectivity index (χ3n) is 6.32. The molecule has 2 aromatic heterocycles. The van der Waals surface area contributed by atoms with Crippen molar-refractivity contribution in [2.45, 2.75) is 70.6 Å². The highest BCUT2D eigenvalue weighted by Gasteiger charge is 2.33. The molecule has 0 aliphatic heterocycles. The molecule has 1 unspecified atom stereocenters. The van der Waals surface area contributed by atoms with Gasteiger partial charge in [0.25, 0.3) is 5.89 Å². The van der Waals surface area contributed by atoms with Gasteiger partial charge in [0, 0.05) is 33.2 Å². The van der Waals surface area contributed by atoms with E-state index in [1.54, 1.807) is 11.3 Å². The molecule has 3 aliphatic rings. The zero-order chi connectivity index (χ0) is 20.1. The molecule has 5 rings (SSSR count). The van der Waals surface area contributed by atoms with Crippen molar-refractivity contribution in [3.63, 3.8) is 0 Å². The zero-order valence-electron chi connectivity index (χ0n) is 16.5. The first-order chi connectivity index (χ1) is 14.0. The number of hydrogen-bond donors (Lipinski definition) is 1. The van der Waals surface area contributed by atoms with Gasteiger partial charge in [0.1, 0.15) is 0 Å². The van der Waals surface area contributed by atoms with Crippen LogP contribution in [0.4, 0.5) is 0 Å². The van der Waals surface area contributed by atoms with E-state index in [2.05, 4.69) is 17.1 Å². The topological polar surface area (TPSA) is 93.3 Å². The highest BCUT2D eigenvalue weighted by molar-refractivity contribution is 7.12. The largest absolute Gasteiger partial charge is 0.478 e. The van der Waals surface area contributed by atoms with Crippen LogP contribution in [0.1, 0.15) is 72.5 Å². The Bertz CT molecular complexity index is 1030. The Kier molecular flexibility index (Phi) is 4.65. The number of aliphatic carboxylic acids is 1. The lowest BCUT2D eigenvalue weighted by atomic mass is 9.87. The minimum atomic E-state index is -0.962. The number of carbonyl (C=O) groups is 2. The van der Waals surface area contributed by atoms with Crippen LogP contribution in [-0.4, -0.2) is 27.0 Å². The third kappa shape index (κ3) is 3.45. The molecule has 152 valence electrons. The Morgan fingerprint density at radius 1 is 1.17 bits per heavy atom. The van der Waals surface area contributed by atoms with E-state index in [1.165, 1.54) is 10.4 Å². The summed E-state index contributed by atoms with van der Waals surface area (Å²) >= 11 is 1.67. The van der Waals surface area contributed by atoms with Gasteiger partial charge < -0.3 is 9.63 Å². The van der Waals surface area contributed by atoms with E-state index in [9.17, 15) is 14.7 Å². The highest BCUT2D eigenvalue weighted by atomic mass is 32.1. The number of hydrogen-bond acceptors (Lipinski definition) is 6. The van der Waals surface area contributed by atoms with Crippen LogP contribution in [0.3, 0.4) is 0 Å². The van der Waals surface area contributed by atoms with Crippen LogP contribution in [0, 0.1) is 5.92 Å². The first kappa shape index (κ1) is 18.7. The van der Waals surface area contributed by atoms with Crippen LogP contribution < -0.4 is 0 Å². The van der Waals surface area contributed by atoms with Crippen LogP contribution in [0.25, 0.3) is 11.5 Å². The zero-order valence-corrected chi connectivity index (χ0v) is 17.3. The van der Waals surface area contributed by atoms with Crippen LogP contribution in [-0.2, 0) is 28.9 Å². The van der Waals surface area contributed by atoms with Gasteiger partial charge in [0.2, 0.25) is 0 Å². The summed E-state index contributed by atoms with van der Waals surface area (Å²) in [5.74, 6) is 1.30. The molecule has 0 saturated heterocycles. The summed E-state index contributed by atoms with van der Waals surface area (Å²) in [6.45, 7) is 2.26. The maximum Gasteiger partial charge on any atom is 0.331 e. The van der Waals surface area contributed by atoms with Crippen molar-refractivity contribution in [1.29, 1.82) is 0 Å². The Labute approximate surface area is 173 Å². The fourth-order valence-corrected chi connectivity index (χ4v) is 6.07. The molecule has 1 atom stereocenters. The maximum absolute atomic E-state index is 13.0. The van der Waals surface area contributed by atoms with Crippen LogP contribution in [0.2, 0.25) is 0 Å². The Balaban J connectivity index is 1.52. The van der Waals surface area contributed by atoms with Crippen molar-refractivity contribution < 1.29 is 19.2 Å². The van der Waals surface area contributed by atoms with Crippen molar-refractivity contribution in [3.8, 4) is 11.5 Å². The number of fused-ring (bicyclic) bond motifs is 1. The van der Waals surface area contributed by atoms with Gasteiger partial charge in [0.05, 0.1) is 5.56 Å². The van der Waals surface area contributed by atoms with Gasteiger partial charge in [-0.1, -0.05) is 12.1 Å². The molecule has 6 nitrogen and oxygen atoms in total. The minimum Gasteiger partial charge on any atom is -0.478 e. The van der Waals surface area contributed by atoms with E-state index in [0.717, 1.165) is 54.8 Å². The summed E-state index contributed by atoms with van der Waals surface area (Å²) in [7, 11) is 0. The van der Waals surface area contributed by atoms with Crippen LogP contribution in [0.15, 0.2) is 15.7 Å². The predicted molar refractivity (Wildman–Crippen MR) is 108 cm³/mol. The van der Waals surface area contributed by atoms with E-state index >= 15 is 0 Å². The van der Waals surface area contributed by atoms with Gasteiger partial charge in [-0.3, -0.25) is 4.79 Å². The van der Waals surface area contributed by atoms with E-state index in [-0.39, 0.29) is 12.2 Å². The number of carboxylic acids is 1. The third-order valence-corrected chi connectivity index (χ3v) is 7.57. The maximum atomic E-state index is 13.0. The molecule has 3 aliphatic carbocycles. The number of thiophene rings is 1. The number of carboxylic acid groups (broad SMARTS) is 1. The first-order valence-corrected chi connectivity index (χ1v) is 11.3. The molecule has 1 N–H and O–H groups in total. The van der Waals surface area contributed by atoms with Crippen molar-refractivity contribution in [1.82, 2.24) is 10.1 Å². The minimum absolute atomic E-state index is 0.0743. The molecule has 0 amide bonds. The smallest absolute Gasteiger partial charge is 0.331 e. The summed E-state index contributed by atoms with van der Waals surface area (Å²) in [5, 5.41) is 13.6. The number of nitrogens with zero attached hydrogens (tertiary/aromatic N) is 2. The molecule has 0 spiro atoms. The SMILES string of the molecule is CC1CCc2c(sc(CC(=O)C3=C(C(=O)O)CCC3)c2-c2nc(C3CC3)no2)C1. The molecular weight excluding hydrogens is 388 g/mol. The van der Waals surface area contributed by atoms with E-state index in [1.807, 2.05) is 0 Å². The van der Waals surface area contributed by atoms with E-state index < -0.39 is 5.97 Å². The monoisotopic (exact) mass is 412 g/mol. The molecule has 1 saturated carbocycles. The van der Waals surface area contributed by atoms with Gasteiger partial charge in [-0.2, -0.15) is 4.98 Å². The number of ketones is 1. The predicted octanol–water partition coefficient (Wildman–Crippen LogP) is 4.48. The Morgan fingerprint density at radius 2 is 1.97 bits per heavy atom. The van der Waals surface area contributed by atoms with Crippen molar-refractivity contribution >= 4 is 23.1 Å². The quantitative estimate of drug-likeness (QED) is 0.752. The van der Waals surface area contributed by atoms with Crippen LogP contribution >= 0.6 is 11.3 Å². The second-order valence-electron chi connectivity index (χ2n) is 8.60. The number of carbonyl (C=O) groups excluding carboxylic acids is 1. The molecular formula is C22H24N2O4S. The molecule has 29 heavy (non-hydrogen) atoms. The fourth-order valence-electron chi connectivity index (χ4n) is 4.56. The molecule has 0 aromatic carbocycles. The van der Waals surface area contributed by atoms with Gasteiger partial charge in [-0.25, -0.2) is 4.79 Å². The number of aromatic nitrogens is 2. The number of Topliss-reactive ketones (excluding diaryl/α,β-unsaturated/α-hetero) is 1. The van der Waals surface area contributed by atoms with Gasteiger partial charge >= 0.3 is 5.97 Å².